The predicted molar refractivity (Wildman–Crippen MR) is 85.3 cm³/mol. The second-order valence-electron chi connectivity index (χ2n) is 6.80. The number of rotatable bonds is 9. The highest BCUT2D eigenvalue weighted by atomic mass is 15.1. The summed E-state index contributed by atoms with van der Waals surface area (Å²) in [6.45, 7) is 11.9. The van der Waals surface area contributed by atoms with Gasteiger partial charge in [-0.25, -0.2) is 0 Å². The quantitative estimate of drug-likeness (QED) is 0.687. The number of piperidine rings is 1. The lowest BCUT2D eigenvalue weighted by Gasteiger charge is -2.34. The van der Waals surface area contributed by atoms with Gasteiger partial charge in [-0.15, -0.1) is 0 Å². The Morgan fingerprint density at radius 2 is 1.79 bits per heavy atom. The maximum Gasteiger partial charge on any atom is -0.00160 e. The van der Waals surface area contributed by atoms with E-state index in [1.54, 1.807) is 0 Å². The van der Waals surface area contributed by atoms with Crippen LogP contribution in [-0.4, -0.2) is 31.1 Å². The minimum atomic E-state index is 0.866. The number of likely N-dealkylation sites (tertiary alicyclic amines) is 1. The molecular weight excluding hydrogens is 232 g/mol. The van der Waals surface area contributed by atoms with E-state index in [2.05, 4.69) is 25.7 Å². The van der Waals surface area contributed by atoms with Gasteiger partial charge in [0.15, 0.2) is 0 Å². The highest BCUT2D eigenvalue weighted by molar-refractivity contribution is 4.74. The Labute approximate surface area is 121 Å². The van der Waals surface area contributed by atoms with E-state index in [-0.39, 0.29) is 0 Å². The summed E-state index contributed by atoms with van der Waals surface area (Å²) < 4.78 is 0. The Morgan fingerprint density at radius 1 is 1.11 bits per heavy atom. The summed E-state index contributed by atoms with van der Waals surface area (Å²) in [5, 5.41) is 0. The molecule has 2 nitrogen and oxygen atoms in total. The summed E-state index contributed by atoms with van der Waals surface area (Å²) in [6, 6.07) is 0. The first-order valence-electron chi connectivity index (χ1n) is 8.59. The molecule has 1 atom stereocenters. The lowest BCUT2D eigenvalue weighted by atomic mass is 9.86. The molecule has 19 heavy (non-hydrogen) atoms. The van der Waals surface area contributed by atoms with Crippen molar-refractivity contribution in [3.8, 4) is 0 Å². The highest BCUT2D eigenvalue weighted by Gasteiger charge is 2.21. The summed E-state index contributed by atoms with van der Waals surface area (Å²) >= 11 is 0. The maximum absolute atomic E-state index is 5.71. The van der Waals surface area contributed by atoms with Crippen molar-refractivity contribution < 1.29 is 0 Å². The molecule has 1 heterocycles. The largest absolute Gasteiger partial charge is 0.330 e. The van der Waals surface area contributed by atoms with E-state index in [9.17, 15) is 0 Å². The normalized spacial score (nSPS) is 20.1. The minimum absolute atomic E-state index is 0.866. The second-order valence-corrected chi connectivity index (χ2v) is 6.80. The van der Waals surface area contributed by atoms with Crippen LogP contribution in [0.25, 0.3) is 0 Å². The molecule has 0 radical (unpaired) electrons. The molecule has 0 aromatic carbocycles. The third-order valence-corrected chi connectivity index (χ3v) is 4.93. The average molecular weight is 268 g/mol. The summed E-state index contributed by atoms with van der Waals surface area (Å²) in [7, 11) is 0. The van der Waals surface area contributed by atoms with E-state index in [4.69, 9.17) is 5.73 Å². The fourth-order valence-electron chi connectivity index (χ4n) is 3.52. The molecule has 114 valence electrons. The van der Waals surface area contributed by atoms with E-state index >= 15 is 0 Å². The van der Waals surface area contributed by atoms with Gasteiger partial charge < -0.3 is 10.6 Å². The molecule has 1 aliphatic heterocycles. The molecule has 0 aliphatic carbocycles. The zero-order valence-electron chi connectivity index (χ0n) is 13.5. The molecule has 1 unspecified atom stereocenters. The molecule has 2 N–H and O–H groups in total. The topological polar surface area (TPSA) is 29.3 Å². The Balaban J connectivity index is 2.12. The van der Waals surface area contributed by atoms with Crippen LogP contribution in [0.5, 0.6) is 0 Å². The standard InChI is InChI=1S/C17H36N2/c1-4-6-16(8-11-18)7-5-12-19-13-9-17(10-14-19)15(2)3/h15-17H,4-14,18H2,1-3H3. The van der Waals surface area contributed by atoms with Crippen LogP contribution in [0.2, 0.25) is 0 Å². The first-order chi connectivity index (χ1) is 9.17. The Bertz CT molecular complexity index is 201. The molecule has 1 aliphatic rings. The zero-order valence-corrected chi connectivity index (χ0v) is 13.5. The molecule has 0 spiro atoms. The zero-order chi connectivity index (χ0) is 14.1. The molecule has 0 aromatic rings. The molecule has 1 rings (SSSR count). The van der Waals surface area contributed by atoms with Crippen LogP contribution in [0.4, 0.5) is 0 Å². The highest BCUT2D eigenvalue weighted by Crippen LogP contribution is 2.25. The van der Waals surface area contributed by atoms with E-state index in [0.29, 0.717) is 0 Å². The van der Waals surface area contributed by atoms with Crippen LogP contribution in [0.1, 0.15) is 65.7 Å². The van der Waals surface area contributed by atoms with Gasteiger partial charge in [0.05, 0.1) is 0 Å². The Morgan fingerprint density at radius 3 is 2.32 bits per heavy atom. The average Bonchev–Trinajstić information content (AvgIpc) is 2.40. The lowest BCUT2D eigenvalue weighted by Crippen LogP contribution is -2.36. The van der Waals surface area contributed by atoms with Gasteiger partial charge in [-0.1, -0.05) is 33.6 Å². The van der Waals surface area contributed by atoms with E-state index in [0.717, 1.165) is 24.3 Å². The molecule has 0 amide bonds. The number of nitrogens with zero attached hydrogens (tertiary/aromatic N) is 1. The third kappa shape index (κ3) is 6.76. The SMILES string of the molecule is CCCC(CCN)CCCN1CCC(C(C)C)CC1. The van der Waals surface area contributed by atoms with Crippen molar-refractivity contribution in [1.82, 2.24) is 4.90 Å². The number of hydrogen-bond donors (Lipinski definition) is 1. The van der Waals surface area contributed by atoms with Gasteiger partial charge in [0.25, 0.3) is 0 Å². The monoisotopic (exact) mass is 268 g/mol. The summed E-state index contributed by atoms with van der Waals surface area (Å²) in [4.78, 5) is 2.68. The van der Waals surface area contributed by atoms with Gasteiger partial charge in [0.1, 0.15) is 0 Å². The molecular formula is C17H36N2. The van der Waals surface area contributed by atoms with Crippen molar-refractivity contribution in [2.24, 2.45) is 23.5 Å². The lowest BCUT2D eigenvalue weighted by molar-refractivity contribution is 0.153. The Kier molecular flexibility index (Phi) is 8.72. The smallest absolute Gasteiger partial charge is 0.00160 e. The molecule has 0 saturated carbocycles. The third-order valence-electron chi connectivity index (χ3n) is 4.93. The van der Waals surface area contributed by atoms with Crippen molar-refractivity contribution in [1.29, 1.82) is 0 Å². The van der Waals surface area contributed by atoms with E-state index < -0.39 is 0 Å². The molecule has 1 fully saturated rings. The summed E-state index contributed by atoms with van der Waals surface area (Å²) in [5.41, 5.74) is 5.71. The van der Waals surface area contributed by atoms with Gasteiger partial charge in [0.2, 0.25) is 0 Å². The van der Waals surface area contributed by atoms with Crippen LogP contribution < -0.4 is 5.73 Å². The van der Waals surface area contributed by atoms with Crippen LogP contribution in [-0.2, 0) is 0 Å². The van der Waals surface area contributed by atoms with Crippen LogP contribution in [0.15, 0.2) is 0 Å². The predicted octanol–water partition coefficient (Wildman–Crippen LogP) is 3.90. The molecule has 2 heteroatoms. The fourth-order valence-corrected chi connectivity index (χ4v) is 3.52. The number of nitrogens with two attached hydrogens (primary N) is 1. The fraction of sp³-hybridized carbons (Fsp3) is 1.00. The van der Waals surface area contributed by atoms with Crippen molar-refractivity contribution >= 4 is 0 Å². The summed E-state index contributed by atoms with van der Waals surface area (Å²) in [6.07, 6.45) is 9.49. The Hall–Kier alpha value is -0.0800. The van der Waals surface area contributed by atoms with Gasteiger partial charge in [0, 0.05) is 0 Å². The second kappa shape index (κ2) is 9.77. The van der Waals surface area contributed by atoms with E-state index in [1.807, 2.05) is 0 Å². The molecule has 1 saturated heterocycles. The molecule has 0 bridgehead atoms. The first-order valence-corrected chi connectivity index (χ1v) is 8.59. The van der Waals surface area contributed by atoms with Crippen molar-refractivity contribution in [3.63, 3.8) is 0 Å². The summed E-state index contributed by atoms with van der Waals surface area (Å²) in [5.74, 6) is 2.73. The first kappa shape index (κ1) is 17.0. The van der Waals surface area contributed by atoms with Crippen molar-refractivity contribution in [3.05, 3.63) is 0 Å². The van der Waals surface area contributed by atoms with Gasteiger partial charge in [-0.3, -0.25) is 0 Å². The maximum atomic E-state index is 5.71. The van der Waals surface area contributed by atoms with Crippen molar-refractivity contribution in [2.75, 3.05) is 26.2 Å². The minimum Gasteiger partial charge on any atom is -0.330 e. The van der Waals surface area contributed by atoms with Crippen molar-refractivity contribution in [2.45, 2.75) is 65.7 Å². The van der Waals surface area contributed by atoms with Crippen LogP contribution >= 0.6 is 0 Å². The van der Waals surface area contributed by atoms with Gasteiger partial charge >= 0.3 is 0 Å². The van der Waals surface area contributed by atoms with Crippen LogP contribution in [0.3, 0.4) is 0 Å². The van der Waals surface area contributed by atoms with E-state index in [1.165, 1.54) is 64.6 Å². The molecule has 0 aromatic heterocycles. The van der Waals surface area contributed by atoms with Gasteiger partial charge in [-0.2, -0.15) is 0 Å². The van der Waals surface area contributed by atoms with Crippen LogP contribution in [0, 0.1) is 17.8 Å². The number of hydrogen-bond acceptors (Lipinski definition) is 2. The van der Waals surface area contributed by atoms with Gasteiger partial charge in [-0.05, 0) is 76.0 Å².